The Morgan fingerprint density at radius 1 is 1.39 bits per heavy atom. The van der Waals surface area contributed by atoms with Gasteiger partial charge in [-0.1, -0.05) is 0 Å². The number of aromatic hydroxyl groups is 1. The van der Waals surface area contributed by atoms with Crippen molar-refractivity contribution in [2.45, 2.75) is 31.2 Å². The molecule has 0 amide bonds. The van der Waals surface area contributed by atoms with E-state index in [0.29, 0.717) is 29.2 Å². The first-order valence-electron chi connectivity index (χ1n) is 6.13. The molecule has 1 aliphatic heterocycles. The second-order valence-corrected chi connectivity index (χ2v) is 5.91. The molecule has 1 saturated carbocycles. The fourth-order valence-corrected chi connectivity index (χ4v) is 3.08. The molecule has 0 spiro atoms. The summed E-state index contributed by atoms with van der Waals surface area (Å²) in [5, 5.41) is 10.3. The smallest absolute Gasteiger partial charge is 0.168 e. The average molecular weight is 314 g/mol. The number of phenolic OH excluding ortho intramolecular Hbond substituents is 1. The molecule has 1 aromatic carbocycles. The van der Waals surface area contributed by atoms with Crippen molar-refractivity contribution in [3.63, 3.8) is 0 Å². The molecule has 4 nitrogen and oxygen atoms in total. The predicted octanol–water partition coefficient (Wildman–Crippen LogP) is 2.30. The van der Waals surface area contributed by atoms with Crippen LogP contribution in [0.4, 0.5) is 0 Å². The Bertz CT molecular complexity index is 497. The zero-order valence-electron chi connectivity index (χ0n) is 10.2. The van der Waals surface area contributed by atoms with E-state index in [1.54, 1.807) is 6.07 Å². The Labute approximate surface area is 114 Å². The number of phenols is 1. The number of hydrogen-bond acceptors (Lipinski definition) is 4. The van der Waals surface area contributed by atoms with E-state index in [-0.39, 0.29) is 17.2 Å². The number of benzene rings is 1. The van der Waals surface area contributed by atoms with Crippen LogP contribution in [0.5, 0.6) is 17.2 Å². The van der Waals surface area contributed by atoms with Crippen molar-refractivity contribution in [3.05, 3.63) is 16.1 Å². The van der Waals surface area contributed by atoms with E-state index in [1.165, 1.54) is 0 Å². The highest BCUT2D eigenvalue weighted by Crippen LogP contribution is 2.59. The highest BCUT2D eigenvalue weighted by molar-refractivity contribution is 9.10. The summed E-state index contributed by atoms with van der Waals surface area (Å²) >= 11 is 3.37. The number of hydrogen-bond donors (Lipinski definition) is 2. The third-order valence-corrected chi connectivity index (χ3v) is 4.52. The average Bonchev–Trinajstić information content (AvgIpc) is 3.12. The van der Waals surface area contributed by atoms with E-state index in [4.69, 9.17) is 15.2 Å². The molecule has 1 heterocycles. The zero-order valence-corrected chi connectivity index (χ0v) is 11.8. The molecule has 0 aromatic heterocycles. The first-order chi connectivity index (χ1) is 8.56. The van der Waals surface area contributed by atoms with Gasteiger partial charge in [-0.15, -0.1) is 0 Å². The molecule has 2 aliphatic rings. The van der Waals surface area contributed by atoms with Gasteiger partial charge in [0.05, 0.1) is 4.47 Å². The van der Waals surface area contributed by atoms with Gasteiger partial charge < -0.3 is 20.3 Å². The summed E-state index contributed by atoms with van der Waals surface area (Å²) in [6, 6.07) is 1.73. The van der Waals surface area contributed by atoms with Crippen molar-refractivity contribution in [2.75, 3.05) is 13.2 Å². The molecule has 1 aliphatic carbocycles. The van der Waals surface area contributed by atoms with Crippen molar-refractivity contribution < 1.29 is 14.6 Å². The van der Waals surface area contributed by atoms with Gasteiger partial charge in [0.15, 0.2) is 11.5 Å². The minimum atomic E-state index is -0.168. The first kappa shape index (κ1) is 12.1. The van der Waals surface area contributed by atoms with E-state index < -0.39 is 0 Å². The quantitative estimate of drug-likeness (QED) is 0.879. The van der Waals surface area contributed by atoms with Gasteiger partial charge in [0.25, 0.3) is 0 Å². The third kappa shape index (κ3) is 1.61. The molecule has 18 heavy (non-hydrogen) atoms. The van der Waals surface area contributed by atoms with Gasteiger partial charge in [-0.3, -0.25) is 0 Å². The van der Waals surface area contributed by atoms with Crippen molar-refractivity contribution in [2.24, 2.45) is 5.73 Å². The highest BCUT2D eigenvalue weighted by Gasteiger charge is 2.52. The van der Waals surface area contributed by atoms with Crippen LogP contribution >= 0.6 is 15.9 Å². The fraction of sp³-hybridized carbons (Fsp3) is 0.538. The lowest BCUT2D eigenvalue weighted by atomic mass is 9.87. The lowest BCUT2D eigenvalue weighted by molar-refractivity contribution is 0.167. The van der Waals surface area contributed by atoms with E-state index >= 15 is 0 Å². The molecule has 98 valence electrons. The molecule has 1 aromatic rings. The Hall–Kier alpha value is -0.940. The molecule has 1 unspecified atom stereocenters. The monoisotopic (exact) mass is 313 g/mol. The second-order valence-electron chi connectivity index (χ2n) is 5.05. The van der Waals surface area contributed by atoms with E-state index in [1.807, 2.05) is 6.92 Å². The van der Waals surface area contributed by atoms with Crippen LogP contribution in [0.25, 0.3) is 0 Å². The maximum Gasteiger partial charge on any atom is 0.168 e. The van der Waals surface area contributed by atoms with Gasteiger partial charge in [-0.05, 0) is 35.7 Å². The molecule has 1 fully saturated rings. The minimum Gasteiger partial charge on any atom is -0.506 e. The molecule has 0 bridgehead atoms. The van der Waals surface area contributed by atoms with Gasteiger partial charge in [0, 0.05) is 23.1 Å². The Morgan fingerprint density at radius 3 is 2.67 bits per heavy atom. The van der Waals surface area contributed by atoms with Gasteiger partial charge in [0.1, 0.15) is 19.0 Å². The highest BCUT2D eigenvalue weighted by atomic mass is 79.9. The number of nitrogens with two attached hydrogens (primary N) is 1. The van der Waals surface area contributed by atoms with Crippen LogP contribution in [0.15, 0.2) is 10.5 Å². The maximum absolute atomic E-state index is 10.3. The Kier molecular flexibility index (Phi) is 2.71. The summed E-state index contributed by atoms with van der Waals surface area (Å²) in [5.41, 5.74) is 6.73. The number of halogens is 1. The van der Waals surface area contributed by atoms with Crippen molar-refractivity contribution in [1.29, 1.82) is 0 Å². The number of fused-ring (bicyclic) bond motifs is 1. The van der Waals surface area contributed by atoms with Gasteiger partial charge in [-0.2, -0.15) is 0 Å². The molecule has 3 rings (SSSR count). The van der Waals surface area contributed by atoms with Crippen molar-refractivity contribution in [3.8, 4) is 17.2 Å². The van der Waals surface area contributed by atoms with Crippen LogP contribution in [-0.4, -0.2) is 24.4 Å². The van der Waals surface area contributed by atoms with Gasteiger partial charge in [-0.25, -0.2) is 0 Å². The van der Waals surface area contributed by atoms with Crippen LogP contribution in [0.3, 0.4) is 0 Å². The summed E-state index contributed by atoms with van der Waals surface area (Å²) < 4.78 is 11.9. The SMILES string of the molecule is CC(N)C1(c2c(O)c(Br)cc3c2OCCO3)CC1. The van der Waals surface area contributed by atoms with E-state index in [9.17, 15) is 5.11 Å². The normalized spacial score (nSPS) is 21.5. The van der Waals surface area contributed by atoms with Crippen molar-refractivity contribution >= 4 is 15.9 Å². The van der Waals surface area contributed by atoms with Crippen molar-refractivity contribution in [1.82, 2.24) is 0 Å². The summed E-state index contributed by atoms with van der Waals surface area (Å²) in [4.78, 5) is 0. The first-order valence-corrected chi connectivity index (χ1v) is 6.93. The molecular weight excluding hydrogens is 298 g/mol. The van der Waals surface area contributed by atoms with Crippen LogP contribution in [0, 0.1) is 0 Å². The Balaban J connectivity index is 2.21. The summed E-state index contributed by atoms with van der Waals surface area (Å²) in [5.74, 6) is 1.58. The fourth-order valence-electron chi connectivity index (χ4n) is 2.67. The van der Waals surface area contributed by atoms with Gasteiger partial charge >= 0.3 is 0 Å². The van der Waals surface area contributed by atoms with E-state index in [0.717, 1.165) is 18.4 Å². The maximum atomic E-state index is 10.3. The van der Waals surface area contributed by atoms with Crippen LogP contribution in [-0.2, 0) is 5.41 Å². The standard InChI is InChI=1S/C13H16BrNO3/c1-7(15)13(2-3-13)10-11(16)8(14)6-9-12(10)18-5-4-17-9/h6-7,16H,2-5,15H2,1H3. The topological polar surface area (TPSA) is 64.7 Å². The lowest BCUT2D eigenvalue weighted by Gasteiger charge is -2.28. The molecule has 0 radical (unpaired) electrons. The molecule has 5 heteroatoms. The predicted molar refractivity (Wildman–Crippen MR) is 71.4 cm³/mol. The summed E-state index contributed by atoms with van der Waals surface area (Å²) in [6.07, 6.45) is 1.95. The largest absolute Gasteiger partial charge is 0.506 e. The van der Waals surface area contributed by atoms with Crippen LogP contribution < -0.4 is 15.2 Å². The van der Waals surface area contributed by atoms with Gasteiger partial charge in [0.2, 0.25) is 0 Å². The minimum absolute atomic E-state index is 0.0210. The Morgan fingerprint density at radius 2 is 2.06 bits per heavy atom. The third-order valence-electron chi connectivity index (χ3n) is 3.92. The summed E-state index contributed by atoms with van der Waals surface area (Å²) in [7, 11) is 0. The van der Waals surface area contributed by atoms with E-state index in [2.05, 4.69) is 15.9 Å². The zero-order chi connectivity index (χ0) is 12.9. The summed E-state index contributed by atoms with van der Waals surface area (Å²) in [6.45, 7) is 3.02. The number of ether oxygens (including phenoxy) is 2. The molecule has 3 N–H and O–H groups in total. The molecule has 1 atom stereocenters. The second kappa shape index (κ2) is 4.03. The van der Waals surface area contributed by atoms with Crippen LogP contribution in [0.2, 0.25) is 0 Å². The lowest BCUT2D eigenvalue weighted by Crippen LogP contribution is -2.33. The van der Waals surface area contributed by atoms with Crippen LogP contribution in [0.1, 0.15) is 25.3 Å². The molecular formula is C13H16BrNO3. The number of rotatable bonds is 2. The molecule has 0 saturated heterocycles.